The molecule has 2 aromatic carbocycles. The first-order chi connectivity index (χ1) is 12.7. The van der Waals surface area contributed by atoms with E-state index in [0.29, 0.717) is 33.8 Å². The molecule has 0 aliphatic carbocycles. The van der Waals surface area contributed by atoms with Crippen molar-refractivity contribution in [2.24, 2.45) is 0 Å². The van der Waals surface area contributed by atoms with Crippen LogP contribution in [-0.4, -0.2) is 29.3 Å². The molecule has 0 aliphatic heterocycles. The summed E-state index contributed by atoms with van der Waals surface area (Å²) in [5, 5.41) is 4.55. The Balaban J connectivity index is 1.83. The fourth-order valence-corrected chi connectivity index (χ4v) is 2.83. The topological polar surface area (TPSA) is 90.2 Å². The largest absolute Gasteiger partial charge is 0.493 e. The molecule has 0 saturated carbocycles. The lowest BCUT2D eigenvalue weighted by Crippen LogP contribution is -2.06. The third-order valence-electron chi connectivity index (χ3n) is 4.09. The van der Waals surface area contributed by atoms with Gasteiger partial charge in [0.15, 0.2) is 11.5 Å². The summed E-state index contributed by atoms with van der Waals surface area (Å²) in [6.07, 6.45) is 1.57. The highest BCUT2D eigenvalue weighted by molar-refractivity contribution is 5.82. The van der Waals surface area contributed by atoms with E-state index in [-0.39, 0.29) is 11.3 Å². The van der Waals surface area contributed by atoms with E-state index in [1.165, 1.54) is 7.11 Å². The SMILES string of the molecule is COc1cccc(-c2noc(-c3c[nH]c4ccccc4c3=O)n2)c1OC. The molecule has 0 fully saturated rings. The van der Waals surface area contributed by atoms with Crippen LogP contribution in [0.1, 0.15) is 0 Å². The Morgan fingerprint density at radius 1 is 1.00 bits per heavy atom. The molecule has 0 aliphatic rings. The number of nitrogens with zero attached hydrogens (tertiary/aromatic N) is 2. The standard InChI is InChI=1S/C19H15N3O4/c1-24-15-9-5-7-12(17(15)25-2)18-21-19(26-22-18)13-10-20-14-8-4-3-6-11(14)16(13)23/h3-10H,1-2H3,(H,20,23). The molecule has 2 heterocycles. The molecule has 0 amide bonds. The highest BCUT2D eigenvalue weighted by Gasteiger charge is 2.19. The maximum absolute atomic E-state index is 12.7. The number of aromatic amines is 1. The first kappa shape index (κ1) is 15.9. The van der Waals surface area contributed by atoms with E-state index in [2.05, 4.69) is 15.1 Å². The summed E-state index contributed by atoms with van der Waals surface area (Å²) in [4.78, 5) is 20.2. The summed E-state index contributed by atoms with van der Waals surface area (Å²) < 4.78 is 16.0. The molecule has 4 aromatic rings. The van der Waals surface area contributed by atoms with Gasteiger partial charge in [-0.3, -0.25) is 4.79 Å². The number of ether oxygens (including phenoxy) is 2. The van der Waals surface area contributed by atoms with Crippen LogP contribution in [0.5, 0.6) is 11.5 Å². The fraction of sp³-hybridized carbons (Fsp3) is 0.105. The zero-order chi connectivity index (χ0) is 18.1. The Morgan fingerprint density at radius 2 is 1.85 bits per heavy atom. The number of benzene rings is 2. The lowest BCUT2D eigenvalue weighted by molar-refractivity contribution is 0.355. The van der Waals surface area contributed by atoms with Crippen molar-refractivity contribution in [3.63, 3.8) is 0 Å². The van der Waals surface area contributed by atoms with Crippen LogP contribution in [0.25, 0.3) is 33.7 Å². The Kier molecular flexibility index (Phi) is 3.89. The second-order valence-corrected chi connectivity index (χ2v) is 5.54. The highest BCUT2D eigenvalue weighted by atomic mass is 16.5. The van der Waals surface area contributed by atoms with Crippen LogP contribution in [0, 0.1) is 0 Å². The van der Waals surface area contributed by atoms with Gasteiger partial charge in [-0.2, -0.15) is 4.98 Å². The van der Waals surface area contributed by atoms with Gasteiger partial charge in [-0.05, 0) is 24.3 Å². The minimum Gasteiger partial charge on any atom is -0.493 e. The van der Waals surface area contributed by atoms with Crippen molar-refractivity contribution in [2.75, 3.05) is 14.2 Å². The first-order valence-corrected chi connectivity index (χ1v) is 7.89. The van der Waals surface area contributed by atoms with Gasteiger partial charge in [0, 0.05) is 17.1 Å². The number of fused-ring (bicyclic) bond motifs is 1. The van der Waals surface area contributed by atoms with Gasteiger partial charge >= 0.3 is 0 Å². The number of pyridine rings is 1. The summed E-state index contributed by atoms with van der Waals surface area (Å²) in [5.74, 6) is 1.50. The molecule has 26 heavy (non-hydrogen) atoms. The van der Waals surface area contributed by atoms with Crippen LogP contribution in [0.3, 0.4) is 0 Å². The molecule has 0 saturated heterocycles. The first-order valence-electron chi connectivity index (χ1n) is 7.89. The normalized spacial score (nSPS) is 10.8. The highest BCUT2D eigenvalue weighted by Crippen LogP contribution is 2.36. The van der Waals surface area contributed by atoms with Crippen molar-refractivity contribution in [2.45, 2.75) is 0 Å². The number of methoxy groups -OCH3 is 2. The van der Waals surface area contributed by atoms with E-state index >= 15 is 0 Å². The Labute approximate surface area is 148 Å². The van der Waals surface area contributed by atoms with Crippen molar-refractivity contribution >= 4 is 10.9 Å². The lowest BCUT2D eigenvalue weighted by atomic mass is 10.1. The van der Waals surface area contributed by atoms with Crippen molar-refractivity contribution in [1.29, 1.82) is 0 Å². The number of rotatable bonds is 4. The van der Waals surface area contributed by atoms with Gasteiger partial charge in [-0.1, -0.05) is 23.4 Å². The number of para-hydroxylation sites is 2. The molecule has 1 N–H and O–H groups in total. The van der Waals surface area contributed by atoms with Gasteiger partial charge in [-0.15, -0.1) is 0 Å². The minimum atomic E-state index is -0.174. The molecule has 0 bridgehead atoms. The molecule has 0 radical (unpaired) electrons. The maximum atomic E-state index is 12.7. The van der Waals surface area contributed by atoms with E-state index < -0.39 is 0 Å². The van der Waals surface area contributed by atoms with Gasteiger partial charge in [0.25, 0.3) is 5.89 Å². The van der Waals surface area contributed by atoms with Crippen LogP contribution in [0.2, 0.25) is 0 Å². The van der Waals surface area contributed by atoms with Gasteiger partial charge in [0.05, 0.1) is 19.8 Å². The van der Waals surface area contributed by atoms with Crippen LogP contribution >= 0.6 is 0 Å². The zero-order valence-electron chi connectivity index (χ0n) is 14.1. The number of nitrogens with one attached hydrogen (secondary N) is 1. The molecule has 7 heteroatoms. The van der Waals surface area contributed by atoms with E-state index in [9.17, 15) is 4.79 Å². The summed E-state index contributed by atoms with van der Waals surface area (Å²) in [6, 6.07) is 12.6. The van der Waals surface area contributed by atoms with E-state index in [0.717, 1.165) is 5.52 Å². The fourth-order valence-electron chi connectivity index (χ4n) is 2.83. The molecule has 0 atom stereocenters. The molecular formula is C19H15N3O4. The van der Waals surface area contributed by atoms with Gasteiger partial charge < -0.3 is 19.0 Å². The average molecular weight is 349 g/mol. The molecule has 2 aromatic heterocycles. The Hall–Kier alpha value is -3.61. The Bertz CT molecular complexity index is 1150. The van der Waals surface area contributed by atoms with Crippen molar-refractivity contribution in [3.8, 4) is 34.3 Å². The van der Waals surface area contributed by atoms with Crippen molar-refractivity contribution in [1.82, 2.24) is 15.1 Å². The third kappa shape index (κ3) is 2.50. The zero-order valence-corrected chi connectivity index (χ0v) is 14.1. The predicted molar refractivity (Wildman–Crippen MR) is 96.4 cm³/mol. The van der Waals surface area contributed by atoms with Crippen molar-refractivity contribution < 1.29 is 14.0 Å². The molecule has 130 valence electrons. The summed E-state index contributed by atoms with van der Waals surface area (Å²) in [5.41, 5.74) is 1.49. The molecule has 0 spiro atoms. The van der Waals surface area contributed by atoms with Gasteiger partial charge in [0.1, 0.15) is 5.56 Å². The average Bonchev–Trinajstić information content (AvgIpc) is 3.17. The van der Waals surface area contributed by atoms with Gasteiger partial charge in [-0.25, -0.2) is 0 Å². The van der Waals surface area contributed by atoms with E-state index in [1.807, 2.05) is 18.2 Å². The smallest absolute Gasteiger partial charge is 0.263 e. The van der Waals surface area contributed by atoms with Crippen LogP contribution < -0.4 is 14.9 Å². The van der Waals surface area contributed by atoms with Crippen LogP contribution in [0.15, 0.2) is 58.0 Å². The second-order valence-electron chi connectivity index (χ2n) is 5.54. The quantitative estimate of drug-likeness (QED) is 0.608. The second kappa shape index (κ2) is 6.36. The molecule has 7 nitrogen and oxygen atoms in total. The molecule has 4 rings (SSSR count). The number of H-pyrrole nitrogens is 1. The number of hydrogen-bond donors (Lipinski definition) is 1. The monoisotopic (exact) mass is 349 g/mol. The summed E-state index contributed by atoms with van der Waals surface area (Å²) in [6.45, 7) is 0. The van der Waals surface area contributed by atoms with Crippen LogP contribution in [-0.2, 0) is 0 Å². The minimum absolute atomic E-state index is 0.136. The number of hydrogen-bond acceptors (Lipinski definition) is 6. The van der Waals surface area contributed by atoms with Gasteiger partial charge in [0.2, 0.25) is 11.3 Å². The maximum Gasteiger partial charge on any atom is 0.263 e. The summed E-state index contributed by atoms with van der Waals surface area (Å²) in [7, 11) is 3.09. The van der Waals surface area contributed by atoms with E-state index in [1.54, 1.807) is 37.6 Å². The third-order valence-corrected chi connectivity index (χ3v) is 4.09. The van der Waals surface area contributed by atoms with Crippen molar-refractivity contribution in [3.05, 3.63) is 58.9 Å². The Morgan fingerprint density at radius 3 is 2.65 bits per heavy atom. The number of aromatic nitrogens is 3. The molecule has 0 unspecified atom stereocenters. The summed E-state index contributed by atoms with van der Waals surface area (Å²) >= 11 is 0. The predicted octanol–water partition coefficient (Wildman–Crippen LogP) is 3.26. The van der Waals surface area contributed by atoms with Crippen LogP contribution in [0.4, 0.5) is 0 Å². The molecular weight excluding hydrogens is 334 g/mol. The van der Waals surface area contributed by atoms with E-state index in [4.69, 9.17) is 14.0 Å². The lowest BCUT2D eigenvalue weighted by Gasteiger charge is -2.09.